The van der Waals surface area contributed by atoms with Crippen LogP contribution in [0.25, 0.3) is 6.08 Å². The Labute approximate surface area is 119 Å². The summed E-state index contributed by atoms with van der Waals surface area (Å²) in [6.07, 6.45) is 4.35. The van der Waals surface area contributed by atoms with Crippen LogP contribution in [-0.4, -0.2) is 12.9 Å². The molecule has 0 radical (unpaired) electrons. The molecule has 0 aliphatic carbocycles. The van der Waals surface area contributed by atoms with E-state index in [-0.39, 0.29) is 5.78 Å². The fourth-order valence-electron chi connectivity index (χ4n) is 1.97. The van der Waals surface area contributed by atoms with Crippen LogP contribution in [0.3, 0.4) is 0 Å². The van der Waals surface area contributed by atoms with Crippen molar-refractivity contribution in [2.75, 3.05) is 7.11 Å². The van der Waals surface area contributed by atoms with Gasteiger partial charge in [-0.3, -0.25) is 4.79 Å². The first-order valence-corrected chi connectivity index (χ1v) is 6.69. The van der Waals surface area contributed by atoms with Crippen molar-refractivity contribution >= 4 is 11.9 Å². The van der Waals surface area contributed by atoms with Gasteiger partial charge in [-0.15, -0.1) is 0 Å². The van der Waals surface area contributed by atoms with Gasteiger partial charge in [-0.25, -0.2) is 0 Å². The topological polar surface area (TPSA) is 26.3 Å². The predicted octanol–water partition coefficient (Wildman–Crippen LogP) is 4.15. The number of carbonyl (C=O) groups excluding carboxylic acids is 1. The van der Waals surface area contributed by atoms with Crippen LogP contribution in [-0.2, 0) is 6.42 Å². The maximum absolute atomic E-state index is 12.1. The summed E-state index contributed by atoms with van der Waals surface area (Å²) in [5.74, 6) is 0.761. The minimum atomic E-state index is -0.00133. The second-order valence-corrected chi connectivity index (χ2v) is 4.49. The summed E-state index contributed by atoms with van der Waals surface area (Å²) < 4.78 is 5.25. The van der Waals surface area contributed by atoms with Gasteiger partial charge < -0.3 is 4.74 Å². The van der Waals surface area contributed by atoms with E-state index in [1.807, 2.05) is 48.5 Å². The molecule has 20 heavy (non-hydrogen) atoms. The molecule has 2 nitrogen and oxygen atoms in total. The number of allylic oxidation sites excluding steroid dienone is 1. The van der Waals surface area contributed by atoms with Gasteiger partial charge in [0.05, 0.1) is 7.11 Å². The summed E-state index contributed by atoms with van der Waals surface area (Å²) in [5, 5.41) is 0. The molecule has 0 aromatic heterocycles. The van der Waals surface area contributed by atoms with Crippen LogP contribution >= 0.6 is 0 Å². The van der Waals surface area contributed by atoms with E-state index < -0.39 is 0 Å². The molecule has 0 aliphatic heterocycles. The largest absolute Gasteiger partial charge is 0.496 e. The zero-order valence-corrected chi connectivity index (χ0v) is 11.8. The molecule has 0 saturated carbocycles. The van der Waals surface area contributed by atoms with Gasteiger partial charge in [0.15, 0.2) is 5.78 Å². The number of hydrogen-bond acceptors (Lipinski definition) is 2. The molecule has 0 fully saturated rings. The first-order chi connectivity index (χ1) is 9.74. The zero-order chi connectivity index (χ0) is 14.4. The molecule has 0 saturated heterocycles. The molecule has 0 spiro atoms. The average Bonchev–Trinajstić information content (AvgIpc) is 2.53. The molecule has 102 valence electrons. The molecule has 0 bridgehead atoms. The zero-order valence-electron chi connectivity index (χ0n) is 11.8. The molecule has 0 aliphatic rings. The Kier molecular flexibility index (Phi) is 4.72. The van der Waals surface area contributed by atoms with E-state index in [0.717, 1.165) is 17.7 Å². The van der Waals surface area contributed by atoms with Crippen LogP contribution in [0, 0.1) is 0 Å². The average molecular weight is 266 g/mol. The van der Waals surface area contributed by atoms with Gasteiger partial charge in [-0.1, -0.05) is 49.4 Å². The van der Waals surface area contributed by atoms with Crippen molar-refractivity contribution in [3.05, 3.63) is 71.3 Å². The number of benzene rings is 2. The Morgan fingerprint density at radius 3 is 2.45 bits per heavy atom. The number of rotatable bonds is 5. The molecule has 2 aromatic rings. The Bertz CT molecular complexity index is 610. The molecule has 0 unspecified atom stereocenters. The summed E-state index contributed by atoms with van der Waals surface area (Å²) >= 11 is 0. The third kappa shape index (κ3) is 3.35. The lowest BCUT2D eigenvalue weighted by Gasteiger charge is -2.03. The van der Waals surface area contributed by atoms with E-state index >= 15 is 0 Å². The van der Waals surface area contributed by atoms with E-state index in [2.05, 4.69) is 6.92 Å². The second kappa shape index (κ2) is 6.71. The van der Waals surface area contributed by atoms with Crippen molar-refractivity contribution in [1.82, 2.24) is 0 Å². The highest BCUT2D eigenvalue weighted by Gasteiger charge is 2.02. The number of ketones is 1. The lowest BCUT2D eigenvalue weighted by atomic mass is 10.1. The van der Waals surface area contributed by atoms with Gasteiger partial charge in [0.1, 0.15) is 5.75 Å². The van der Waals surface area contributed by atoms with E-state index in [9.17, 15) is 4.79 Å². The highest BCUT2D eigenvalue weighted by molar-refractivity contribution is 6.06. The molecule has 0 amide bonds. The summed E-state index contributed by atoms with van der Waals surface area (Å²) in [6, 6.07) is 15.3. The number of hydrogen-bond donors (Lipinski definition) is 0. The Hall–Kier alpha value is -2.35. The summed E-state index contributed by atoms with van der Waals surface area (Å²) in [4.78, 5) is 12.1. The van der Waals surface area contributed by atoms with Crippen molar-refractivity contribution in [2.24, 2.45) is 0 Å². The van der Waals surface area contributed by atoms with Crippen molar-refractivity contribution in [2.45, 2.75) is 13.3 Å². The minimum Gasteiger partial charge on any atom is -0.496 e. The summed E-state index contributed by atoms with van der Waals surface area (Å²) in [6.45, 7) is 2.10. The fraction of sp³-hybridized carbons (Fsp3) is 0.167. The molecule has 0 N–H and O–H groups in total. The van der Waals surface area contributed by atoms with Gasteiger partial charge in [0, 0.05) is 11.1 Å². The van der Waals surface area contributed by atoms with Crippen LogP contribution in [0.5, 0.6) is 5.75 Å². The monoisotopic (exact) mass is 266 g/mol. The minimum absolute atomic E-state index is 0.00133. The molecule has 2 aromatic carbocycles. The first-order valence-electron chi connectivity index (χ1n) is 6.69. The third-order valence-corrected chi connectivity index (χ3v) is 3.20. The van der Waals surface area contributed by atoms with Gasteiger partial charge in [0.25, 0.3) is 0 Å². The highest BCUT2D eigenvalue weighted by atomic mass is 16.5. The first kappa shape index (κ1) is 14.1. The van der Waals surface area contributed by atoms with Crippen molar-refractivity contribution in [3.63, 3.8) is 0 Å². The fourth-order valence-corrected chi connectivity index (χ4v) is 1.97. The van der Waals surface area contributed by atoms with Gasteiger partial charge >= 0.3 is 0 Å². The van der Waals surface area contributed by atoms with Gasteiger partial charge in [0.2, 0.25) is 0 Å². The number of para-hydroxylation sites is 1. The van der Waals surface area contributed by atoms with Crippen molar-refractivity contribution in [3.8, 4) is 5.75 Å². The number of ether oxygens (including phenoxy) is 1. The van der Waals surface area contributed by atoms with Gasteiger partial charge in [-0.2, -0.15) is 0 Å². The normalized spacial score (nSPS) is 10.7. The molecule has 0 atom stereocenters. The number of aryl methyl sites for hydroxylation is 1. The Morgan fingerprint density at radius 2 is 1.80 bits per heavy atom. The predicted molar refractivity (Wildman–Crippen MR) is 82.2 cm³/mol. The van der Waals surface area contributed by atoms with Crippen LogP contribution in [0.4, 0.5) is 0 Å². The molecule has 2 rings (SSSR count). The molecule has 2 heteroatoms. The van der Waals surface area contributed by atoms with Crippen LogP contribution < -0.4 is 4.74 Å². The SMILES string of the molecule is CCc1ccc(C(=O)/C=C/c2ccccc2OC)cc1. The maximum Gasteiger partial charge on any atom is 0.185 e. The van der Waals surface area contributed by atoms with Crippen molar-refractivity contribution < 1.29 is 9.53 Å². The summed E-state index contributed by atoms with van der Waals surface area (Å²) in [7, 11) is 1.62. The highest BCUT2D eigenvalue weighted by Crippen LogP contribution is 2.19. The maximum atomic E-state index is 12.1. The lowest BCUT2D eigenvalue weighted by molar-refractivity contribution is 0.104. The Balaban J connectivity index is 2.15. The lowest BCUT2D eigenvalue weighted by Crippen LogP contribution is -1.94. The number of carbonyl (C=O) groups is 1. The summed E-state index contributed by atoms with van der Waals surface area (Å²) in [5.41, 5.74) is 2.83. The van der Waals surface area contributed by atoms with Crippen molar-refractivity contribution in [1.29, 1.82) is 0 Å². The second-order valence-electron chi connectivity index (χ2n) is 4.49. The molecule has 0 heterocycles. The Morgan fingerprint density at radius 1 is 1.10 bits per heavy atom. The molecular weight excluding hydrogens is 248 g/mol. The quantitative estimate of drug-likeness (QED) is 0.600. The molecular formula is C18H18O2. The van der Waals surface area contributed by atoms with Crippen LogP contribution in [0.2, 0.25) is 0 Å². The van der Waals surface area contributed by atoms with Crippen LogP contribution in [0.15, 0.2) is 54.6 Å². The van der Waals surface area contributed by atoms with Crippen LogP contribution in [0.1, 0.15) is 28.4 Å². The van der Waals surface area contributed by atoms with E-state index in [1.54, 1.807) is 19.3 Å². The third-order valence-electron chi connectivity index (χ3n) is 3.20. The van der Waals surface area contributed by atoms with E-state index in [4.69, 9.17) is 4.74 Å². The standard InChI is InChI=1S/C18H18O2/c1-3-14-8-10-15(11-9-14)17(19)13-12-16-6-4-5-7-18(16)20-2/h4-13H,3H2,1-2H3/b13-12+. The van der Waals surface area contributed by atoms with Gasteiger partial charge in [-0.05, 0) is 30.2 Å². The number of methoxy groups -OCH3 is 1. The van der Waals surface area contributed by atoms with E-state index in [1.165, 1.54) is 5.56 Å². The smallest absolute Gasteiger partial charge is 0.185 e. The van der Waals surface area contributed by atoms with E-state index in [0.29, 0.717) is 5.56 Å².